The Balaban J connectivity index is 2.58. The van der Waals surface area contributed by atoms with Crippen molar-refractivity contribution in [3.05, 3.63) is 28.7 Å². The predicted molar refractivity (Wildman–Crippen MR) is 59.9 cm³/mol. The zero-order chi connectivity index (χ0) is 11.3. The van der Waals surface area contributed by atoms with Crippen LogP contribution < -0.4 is 9.47 Å². The van der Waals surface area contributed by atoms with E-state index in [1.165, 1.54) is 19.0 Å². The second kappa shape index (κ2) is 5.59. The van der Waals surface area contributed by atoms with Crippen LogP contribution >= 0.6 is 0 Å². The van der Waals surface area contributed by atoms with Gasteiger partial charge in [0.1, 0.15) is 5.75 Å². The topological polar surface area (TPSA) is 36.2 Å². The minimum atomic E-state index is 0.711. The number of ether oxygens (including phenoxy) is 1. The first-order valence-electron chi connectivity index (χ1n) is 5.49. The molecule has 1 aromatic rings. The first kappa shape index (κ1) is 11.8. The zero-order valence-electron chi connectivity index (χ0n) is 9.75. The van der Waals surface area contributed by atoms with Crippen molar-refractivity contribution in [1.82, 2.24) is 0 Å². The SMILES string of the molecule is CCCCCOc1cc[n+]([O-])c(C)c1C. The molecule has 3 heteroatoms. The lowest BCUT2D eigenvalue weighted by atomic mass is 10.2. The van der Waals surface area contributed by atoms with Gasteiger partial charge >= 0.3 is 0 Å². The number of hydrogen-bond donors (Lipinski definition) is 0. The molecule has 0 aliphatic carbocycles. The van der Waals surface area contributed by atoms with Crippen molar-refractivity contribution >= 4 is 0 Å². The Kier molecular flexibility index (Phi) is 4.40. The molecule has 0 aliphatic heterocycles. The maximum atomic E-state index is 11.2. The summed E-state index contributed by atoms with van der Waals surface area (Å²) in [5, 5.41) is 11.2. The number of aromatic nitrogens is 1. The lowest BCUT2D eigenvalue weighted by Gasteiger charge is -2.10. The van der Waals surface area contributed by atoms with E-state index in [-0.39, 0.29) is 0 Å². The molecule has 0 amide bonds. The van der Waals surface area contributed by atoms with Crippen molar-refractivity contribution in [3.8, 4) is 5.75 Å². The molecule has 1 rings (SSSR count). The van der Waals surface area contributed by atoms with Gasteiger partial charge in [0.15, 0.2) is 11.9 Å². The first-order valence-corrected chi connectivity index (χ1v) is 5.49. The molecule has 3 nitrogen and oxygen atoms in total. The summed E-state index contributed by atoms with van der Waals surface area (Å²) in [6.07, 6.45) is 4.95. The lowest BCUT2D eigenvalue weighted by molar-refractivity contribution is -0.612. The van der Waals surface area contributed by atoms with Crippen LogP contribution in [0.15, 0.2) is 12.3 Å². The number of pyridine rings is 1. The molecule has 0 N–H and O–H groups in total. The fourth-order valence-corrected chi connectivity index (χ4v) is 1.41. The molecule has 15 heavy (non-hydrogen) atoms. The number of rotatable bonds is 5. The van der Waals surface area contributed by atoms with Crippen LogP contribution in [0.4, 0.5) is 0 Å². The van der Waals surface area contributed by atoms with Gasteiger partial charge in [-0.25, -0.2) is 0 Å². The van der Waals surface area contributed by atoms with Gasteiger partial charge in [0.25, 0.3) is 0 Å². The maximum Gasteiger partial charge on any atom is 0.196 e. The van der Waals surface area contributed by atoms with Gasteiger partial charge < -0.3 is 9.94 Å². The van der Waals surface area contributed by atoms with Crippen LogP contribution in [-0.4, -0.2) is 6.61 Å². The van der Waals surface area contributed by atoms with Gasteiger partial charge in [-0.05, 0) is 13.3 Å². The molecule has 0 spiro atoms. The summed E-state index contributed by atoms with van der Waals surface area (Å²) >= 11 is 0. The third kappa shape index (κ3) is 3.11. The van der Waals surface area contributed by atoms with E-state index in [2.05, 4.69) is 6.92 Å². The highest BCUT2D eigenvalue weighted by atomic mass is 16.5. The predicted octanol–water partition coefficient (Wildman–Crippen LogP) is 2.51. The van der Waals surface area contributed by atoms with Gasteiger partial charge in [0.2, 0.25) is 0 Å². The molecular weight excluding hydrogens is 190 g/mol. The Hall–Kier alpha value is -1.25. The van der Waals surface area contributed by atoms with Crippen LogP contribution in [0, 0.1) is 19.1 Å². The van der Waals surface area contributed by atoms with E-state index in [1.807, 2.05) is 6.92 Å². The van der Waals surface area contributed by atoms with Crippen molar-refractivity contribution in [2.75, 3.05) is 6.61 Å². The van der Waals surface area contributed by atoms with E-state index in [4.69, 9.17) is 4.74 Å². The quantitative estimate of drug-likeness (QED) is 0.424. The molecule has 84 valence electrons. The highest BCUT2D eigenvalue weighted by molar-refractivity contribution is 5.31. The van der Waals surface area contributed by atoms with Gasteiger partial charge in [-0.3, -0.25) is 0 Å². The summed E-state index contributed by atoms with van der Waals surface area (Å²) in [7, 11) is 0. The zero-order valence-corrected chi connectivity index (χ0v) is 9.75. The van der Waals surface area contributed by atoms with Crippen LogP contribution in [0.1, 0.15) is 37.4 Å². The Labute approximate surface area is 91.3 Å². The smallest absolute Gasteiger partial charge is 0.196 e. The van der Waals surface area contributed by atoms with Crippen molar-refractivity contribution in [1.29, 1.82) is 0 Å². The van der Waals surface area contributed by atoms with E-state index >= 15 is 0 Å². The summed E-state index contributed by atoms with van der Waals surface area (Å²) in [6.45, 7) is 6.62. The van der Waals surface area contributed by atoms with Gasteiger partial charge in [-0.1, -0.05) is 19.8 Å². The minimum absolute atomic E-state index is 0.711. The molecule has 0 aliphatic rings. The van der Waals surface area contributed by atoms with Gasteiger partial charge in [0.05, 0.1) is 12.2 Å². The molecule has 0 bridgehead atoms. The highest BCUT2D eigenvalue weighted by Crippen LogP contribution is 2.17. The van der Waals surface area contributed by atoms with Crippen molar-refractivity contribution in [2.45, 2.75) is 40.0 Å². The summed E-state index contributed by atoms with van der Waals surface area (Å²) in [4.78, 5) is 0. The van der Waals surface area contributed by atoms with Gasteiger partial charge in [0, 0.05) is 13.0 Å². The summed E-state index contributed by atoms with van der Waals surface area (Å²) in [5.41, 5.74) is 1.65. The normalized spacial score (nSPS) is 10.3. The average molecular weight is 209 g/mol. The van der Waals surface area contributed by atoms with E-state index in [1.54, 1.807) is 13.0 Å². The molecular formula is C12H19NO2. The van der Waals surface area contributed by atoms with Gasteiger partial charge in [-0.2, -0.15) is 4.73 Å². The molecule has 0 saturated carbocycles. The third-order valence-electron chi connectivity index (χ3n) is 2.61. The fourth-order valence-electron chi connectivity index (χ4n) is 1.41. The Morgan fingerprint density at radius 3 is 2.73 bits per heavy atom. The van der Waals surface area contributed by atoms with Crippen LogP contribution in [0.2, 0.25) is 0 Å². The van der Waals surface area contributed by atoms with Crippen LogP contribution in [0.5, 0.6) is 5.75 Å². The standard InChI is InChI=1S/C12H19NO2/c1-4-5-6-9-15-12-7-8-13(14)11(3)10(12)2/h7-8H,4-6,9H2,1-3H3. The highest BCUT2D eigenvalue weighted by Gasteiger charge is 2.09. The van der Waals surface area contributed by atoms with Crippen LogP contribution in [0.25, 0.3) is 0 Å². The molecule has 1 aromatic heterocycles. The van der Waals surface area contributed by atoms with Gasteiger partial charge in [-0.15, -0.1) is 0 Å². The summed E-state index contributed by atoms with van der Waals surface area (Å²) in [6, 6.07) is 1.74. The average Bonchev–Trinajstić information content (AvgIpc) is 2.24. The number of nitrogens with zero attached hydrogens (tertiary/aromatic N) is 1. The molecule has 1 heterocycles. The van der Waals surface area contributed by atoms with Crippen molar-refractivity contribution in [3.63, 3.8) is 0 Å². The first-order chi connectivity index (χ1) is 7.16. The molecule has 0 saturated heterocycles. The summed E-state index contributed by atoms with van der Waals surface area (Å²) in [5.74, 6) is 0.829. The molecule has 0 unspecified atom stereocenters. The lowest BCUT2D eigenvalue weighted by Crippen LogP contribution is -2.30. The van der Waals surface area contributed by atoms with Crippen molar-refractivity contribution < 1.29 is 9.47 Å². The van der Waals surface area contributed by atoms with Crippen molar-refractivity contribution in [2.24, 2.45) is 0 Å². The Morgan fingerprint density at radius 1 is 1.33 bits per heavy atom. The Bertz CT molecular complexity index is 324. The number of hydrogen-bond acceptors (Lipinski definition) is 2. The van der Waals surface area contributed by atoms with Crippen LogP contribution in [-0.2, 0) is 0 Å². The second-order valence-electron chi connectivity index (χ2n) is 3.77. The fraction of sp³-hybridized carbons (Fsp3) is 0.583. The van der Waals surface area contributed by atoms with E-state index in [0.717, 1.165) is 29.1 Å². The molecule has 0 atom stereocenters. The largest absolute Gasteiger partial charge is 0.618 e. The molecule has 0 radical (unpaired) electrons. The number of unbranched alkanes of at least 4 members (excludes halogenated alkanes) is 2. The maximum absolute atomic E-state index is 11.2. The van der Waals surface area contributed by atoms with Crippen LogP contribution in [0.3, 0.4) is 0 Å². The minimum Gasteiger partial charge on any atom is -0.618 e. The molecule has 0 fully saturated rings. The van der Waals surface area contributed by atoms with E-state index in [9.17, 15) is 5.21 Å². The van der Waals surface area contributed by atoms with E-state index < -0.39 is 0 Å². The second-order valence-corrected chi connectivity index (χ2v) is 3.77. The monoisotopic (exact) mass is 209 g/mol. The Morgan fingerprint density at radius 2 is 2.07 bits per heavy atom. The molecule has 0 aromatic carbocycles. The summed E-state index contributed by atoms with van der Waals surface area (Å²) < 4.78 is 6.49. The third-order valence-corrected chi connectivity index (χ3v) is 2.61. The van der Waals surface area contributed by atoms with E-state index in [0.29, 0.717) is 5.69 Å².